The second-order valence-corrected chi connectivity index (χ2v) is 5.72. The average molecular weight is 353 g/mol. The minimum Gasteiger partial charge on any atom is -0.372 e. The number of nitrogens with one attached hydrogen (secondary N) is 1. The van der Waals surface area contributed by atoms with Crippen molar-refractivity contribution in [3.8, 4) is 0 Å². The lowest BCUT2D eigenvalue weighted by Gasteiger charge is -2.09. The van der Waals surface area contributed by atoms with Crippen LogP contribution in [0.1, 0.15) is 21.5 Å². The van der Waals surface area contributed by atoms with Gasteiger partial charge in [0.25, 0.3) is 5.91 Å². The molecule has 5 heteroatoms. The van der Waals surface area contributed by atoms with Crippen molar-refractivity contribution >= 4 is 11.6 Å². The summed E-state index contributed by atoms with van der Waals surface area (Å²) in [7, 11) is 0. The highest BCUT2D eigenvalue weighted by Crippen LogP contribution is 2.18. The molecule has 3 aromatic carbocycles. The lowest BCUT2D eigenvalue weighted by atomic mass is 10.1. The van der Waals surface area contributed by atoms with Gasteiger partial charge in [0, 0.05) is 11.3 Å². The molecule has 0 saturated carbocycles. The Kier molecular flexibility index (Phi) is 5.71. The van der Waals surface area contributed by atoms with Gasteiger partial charge in [0.05, 0.1) is 18.8 Å². The maximum absolute atomic E-state index is 14.2. The molecule has 0 heterocycles. The number of ether oxygens (including phenoxy) is 1. The zero-order chi connectivity index (χ0) is 18.4. The number of benzene rings is 3. The lowest BCUT2D eigenvalue weighted by Crippen LogP contribution is -2.14. The first-order valence-electron chi connectivity index (χ1n) is 8.09. The summed E-state index contributed by atoms with van der Waals surface area (Å²) in [5.74, 6) is -1.75. The Morgan fingerprint density at radius 2 is 1.58 bits per heavy atom. The number of anilines is 1. The molecule has 0 saturated heterocycles. The van der Waals surface area contributed by atoms with E-state index >= 15 is 0 Å². The Hall–Kier alpha value is -3.05. The topological polar surface area (TPSA) is 38.3 Å². The molecule has 0 aromatic heterocycles. The smallest absolute Gasteiger partial charge is 0.258 e. The third-order valence-electron chi connectivity index (χ3n) is 3.80. The Morgan fingerprint density at radius 3 is 2.31 bits per heavy atom. The molecule has 3 aromatic rings. The van der Waals surface area contributed by atoms with Crippen molar-refractivity contribution in [2.45, 2.75) is 13.2 Å². The monoisotopic (exact) mass is 353 g/mol. The molecule has 0 aliphatic rings. The number of rotatable bonds is 6. The summed E-state index contributed by atoms with van der Waals surface area (Å²) in [4.78, 5) is 12.1. The standard InChI is InChI=1S/C21H17F2NO2/c22-19-9-5-4-8-18(19)21(25)24-17-11-10-16(20(23)12-17)14-26-13-15-6-2-1-3-7-15/h1-12H,13-14H2,(H,24,25). The van der Waals surface area contributed by atoms with E-state index in [0.717, 1.165) is 5.56 Å². The van der Waals surface area contributed by atoms with Crippen LogP contribution in [0.25, 0.3) is 0 Å². The fourth-order valence-corrected chi connectivity index (χ4v) is 2.44. The van der Waals surface area contributed by atoms with Gasteiger partial charge in [-0.3, -0.25) is 4.79 Å². The van der Waals surface area contributed by atoms with Crippen molar-refractivity contribution in [1.29, 1.82) is 0 Å². The molecule has 0 aliphatic carbocycles. The van der Waals surface area contributed by atoms with E-state index in [1.165, 1.54) is 30.3 Å². The van der Waals surface area contributed by atoms with Gasteiger partial charge in [-0.1, -0.05) is 48.5 Å². The predicted octanol–water partition coefficient (Wildman–Crippen LogP) is 4.93. The summed E-state index contributed by atoms with van der Waals surface area (Å²) in [5.41, 5.74) is 1.54. The first-order chi connectivity index (χ1) is 12.6. The maximum atomic E-state index is 14.2. The van der Waals surface area contributed by atoms with Crippen LogP contribution in [-0.4, -0.2) is 5.91 Å². The molecular weight excluding hydrogens is 336 g/mol. The molecule has 0 bridgehead atoms. The molecule has 0 atom stereocenters. The highest BCUT2D eigenvalue weighted by molar-refractivity contribution is 6.04. The van der Waals surface area contributed by atoms with Crippen molar-refractivity contribution in [2.24, 2.45) is 0 Å². The van der Waals surface area contributed by atoms with Crippen molar-refractivity contribution in [3.63, 3.8) is 0 Å². The molecular formula is C21H17F2NO2. The molecule has 0 unspecified atom stereocenters. The molecule has 1 N–H and O–H groups in total. The van der Waals surface area contributed by atoms with Crippen molar-refractivity contribution in [2.75, 3.05) is 5.32 Å². The molecule has 3 nitrogen and oxygen atoms in total. The molecule has 0 radical (unpaired) electrons. The van der Waals surface area contributed by atoms with Gasteiger partial charge in [-0.25, -0.2) is 8.78 Å². The van der Waals surface area contributed by atoms with Crippen molar-refractivity contribution < 1.29 is 18.3 Å². The zero-order valence-corrected chi connectivity index (χ0v) is 13.9. The second kappa shape index (κ2) is 8.36. The average Bonchev–Trinajstić information content (AvgIpc) is 2.65. The predicted molar refractivity (Wildman–Crippen MR) is 95.7 cm³/mol. The Balaban J connectivity index is 1.60. The normalized spacial score (nSPS) is 10.5. The second-order valence-electron chi connectivity index (χ2n) is 5.72. The van der Waals surface area contributed by atoms with Gasteiger partial charge in [0.2, 0.25) is 0 Å². The molecule has 0 spiro atoms. The molecule has 0 fully saturated rings. The molecule has 0 aliphatic heterocycles. The summed E-state index contributed by atoms with van der Waals surface area (Å²) < 4.78 is 33.3. The Morgan fingerprint density at radius 1 is 0.846 bits per heavy atom. The van der Waals surface area contributed by atoms with Gasteiger partial charge in [-0.05, 0) is 29.8 Å². The third-order valence-corrected chi connectivity index (χ3v) is 3.80. The molecule has 1 amide bonds. The summed E-state index contributed by atoms with van der Waals surface area (Å²) in [5, 5.41) is 2.49. The van der Waals surface area contributed by atoms with Gasteiger partial charge in [0.15, 0.2) is 0 Å². The van der Waals surface area contributed by atoms with E-state index < -0.39 is 17.5 Å². The number of hydrogen-bond acceptors (Lipinski definition) is 2. The molecule has 3 rings (SSSR count). The summed E-state index contributed by atoms with van der Waals surface area (Å²) in [6.45, 7) is 0.494. The van der Waals surface area contributed by atoms with Crippen LogP contribution < -0.4 is 5.32 Å². The first kappa shape index (κ1) is 17.8. The zero-order valence-electron chi connectivity index (χ0n) is 13.9. The third kappa shape index (κ3) is 4.52. The number of carbonyl (C=O) groups is 1. The fraction of sp³-hybridized carbons (Fsp3) is 0.0952. The number of halogens is 2. The maximum Gasteiger partial charge on any atom is 0.258 e. The van der Waals surface area contributed by atoms with Gasteiger partial charge < -0.3 is 10.1 Å². The quantitative estimate of drug-likeness (QED) is 0.682. The SMILES string of the molecule is O=C(Nc1ccc(COCc2ccccc2)c(F)c1)c1ccccc1F. The van der Waals surface area contributed by atoms with E-state index in [1.54, 1.807) is 12.1 Å². The van der Waals surface area contributed by atoms with Crippen LogP contribution >= 0.6 is 0 Å². The first-order valence-corrected chi connectivity index (χ1v) is 8.09. The highest BCUT2D eigenvalue weighted by atomic mass is 19.1. The van der Waals surface area contributed by atoms with Crippen LogP contribution in [0.5, 0.6) is 0 Å². The summed E-state index contributed by atoms with van der Waals surface area (Å²) in [6, 6.07) is 19.5. The van der Waals surface area contributed by atoms with Crippen LogP contribution in [0.2, 0.25) is 0 Å². The number of carbonyl (C=O) groups excluding carboxylic acids is 1. The van der Waals surface area contributed by atoms with Gasteiger partial charge in [-0.2, -0.15) is 0 Å². The van der Waals surface area contributed by atoms with Gasteiger partial charge in [-0.15, -0.1) is 0 Å². The lowest BCUT2D eigenvalue weighted by molar-refractivity contribution is 0.102. The number of amides is 1. The van der Waals surface area contributed by atoms with Crippen LogP contribution in [0.3, 0.4) is 0 Å². The number of hydrogen-bond donors (Lipinski definition) is 1. The van der Waals surface area contributed by atoms with Crippen LogP contribution in [0.4, 0.5) is 14.5 Å². The van der Waals surface area contributed by atoms with E-state index in [9.17, 15) is 13.6 Å². The van der Waals surface area contributed by atoms with Crippen LogP contribution in [0.15, 0.2) is 72.8 Å². The Bertz CT molecular complexity index is 898. The largest absolute Gasteiger partial charge is 0.372 e. The van der Waals surface area contributed by atoms with E-state index in [4.69, 9.17) is 4.74 Å². The van der Waals surface area contributed by atoms with E-state index in [-0.39, 0.29) is 17.9 Å². The summed E-state index contributed by atoms with van der Waals surface area (Å²) >= 11 is 0. The van der Waals surface area contributed by atoms with E-state index in [1.807, 2.05) is 30.3 Å². The highest BCUT2D eigenvalue weighted by Gasteiger charge is 2.12. The fourth-order valence-electron chi connectivity index (χ4n) is 2.44. The minimum absolute atomic E-state index is 0.0943. The van der Waals surface area contributed by atoms with Gasteiger partial charge in [0.1, 0.15) is 11.6 Å². The van der Waals surface area contributed by atoms with E-state index in [2.05, 4.69) is 5.32 Å². The van der Waals surface area contributed by atoms with Crippen LogP contribution in [0, 0.1) is 11.6 Å². The van der Waals surface area contributed by atoms with Crippen LogP contribution in [-0.2, 0) is 18.0 Å². The Labute approximate surface area is 150 Å². The molecule has 26 heavy (non-hydrogen) atoms. The van der Waals surface area contributed by atoms with Crippen molar-refractivity contribution in [1.82, 2.24) is 0 Å². The molecule has 132 valence electrons. The van der Waals surface area contributed by atoms with Crippen molar-refractivity contribution in [3.05, 3.63) is 101 Å². The van der Waals surface area contributed by atoms with Gasteiger partial charge >= 0.3 is 0 Å². The summed E-state index contributed by atoms with van der Waals surface area (Å²) in [6.07, 6.45) is 0. The minimum atomic E-state index is -0.629. The van der Waals surface area contributed by atoms with E-state index in [0.29, 0.717) is 12.2 Å².